The van der Waals surface area contributed by atoms with Crippen molar-refractivity contribution in [3.63, 3.8) is 0 Å². The van der Waals surface area contributed by atoms with Crippen LogP contribution in [0.15, 0.2) is 4.52 Å². The first-order valence-corrected chi connectivity index (χ1v) is 6.64. The van der Waals surface area contributed by atoms with Gasteiger partial charge in [-0.2, -0.15) is 4.98 Å². The molecule has 0 aromatic carbocycles. The fourth-order valence-electron chi connectivity index (χ4n) is 2.50. The van der Waals surface area contributed by atoms with Crippen molar-refractivity contribution in [2.45, 2.75) is 51.0 Å². The van der Waals surface area contributed by atoms with Crippen LogP contribution in [0.3, 0.4) is 0 Å². The molecule has 5 heteroatoms. The van der Waals surface area contributed by atoms with Crippen molar-refractivity contribution in [3.8, 4) is 0 Å². The minimum atomic E-state index is -0.499. The molecule has 1 saturated heterocycles. The van der Waals surface area contributed by atoms with E-state index in [9.17, 15) is 0 Å². The van der Waals surface area contributed by atoms with Crippen LogP contribution in [0, 0.1) is 0 Å². The van der Waals surface area contributed by atoms with Crippen LogP contribution in [0.1, 0.15) is 51.7 Å². The molecule has 1 N–H and O–H groups in total. The minimum absolute atomic E-state index is 0.0177. The number of aromatic nitrogens is 2. The molecule has 0 radical (unpaired) electrons. The summed E-state index contributed by atoms with van der Waals surface area (Å²) in [6, 6.07) is 0. The number of nitrogens with zero attached hydrogens (tertiary/aromatic N) is 2. The third kappa shape index (κ3) is 2.29. The molecule has 1 aromatic rings. The second kappa shape index (κ2) is 4.97. The Hall–Kier alpha value is -0.940. The highest BCUT2D eigenvalue weighted by Crippen LogP contribution is 2.35. The Balaban J connectivity index is 2.28. The first-order chi connectivity index (χ1) is 8.54. The van der Waals surface area contributed by atoms with Gasteiger partial charge in [-0.1, -0.05) is 18.5 Å². The lowest BCUT2D eigenvalue weighted by Gasteiger charge is -2.23. The summed E-state index contributed by atoms with van der Waals surface area (Å²) in [5.74, 6) is 1.39. The number of nitrogens with one attached hydrogen (secondary N) is 1. The highest BCUT2D eigenvalue weighted by atomic mass is 16.5. The van der Waals surface area contributed by atoms with Crippen molar-refractivity contribution in [2.24, 2.45) is 0 Å². The van der Waals surface area contributed by atoms with Gasteiger partial charge in [0, 0.05) is 13.7 Å². The third-order valence-corrected chi connectivity index (χ3v) is 3.90. The van der Waals surface area contributed by atoms with Crippen LogP contribution >= 0.6 is 0 Å². The molecule has 1 aromatic heterocycles. The first-order valence-electron chi connectivity index (χ1n) is 6.64. The van der Waals surface area contributed by atoms with Gasteiger partial charge in [-0.05, 0) is 33.2 Å². The van der Waals surface area contributed by atoms with E-state index >= 15 is 0 Å². The van der Waals surface area contributed by atoms with Crippen molar-refractivity contribution >= 4 is 0 Å². The fraction of sp³-hybridized carbons (Fsp3) is 0.846. The zero-order valence-corrected chi connectivity index (χ0v) is 11.7. The van der Waals surface area contributed by atoms with Gasteiger partial charge in [-0.15, -0.1) is 0 Å². The van der Waals surface area contributed by atoms with Gasteiger partial charge in [-0.3, -0.25) is 0 Å². The standard InChI is InChI=1S/C13H23N3O2/c1-5-6-13(7-8-14-9-13)11-15-10(16-18-11)12(2,3)17-4/h14H,5-9H2,1-4H3. The summed E-state index contributed by atoms with van der Waals surface area (Å²) in [7, 11) is 1.66. The summed E-state index contributed by atoms with van der Waals surface area (Å²) in [6.07, 6.45) is 3.26. The third-order valence-electron chi connectivity index (χ3n) is 3.90. The van der Waals surface area contributed by atoms with Gasteiger partial charge in [0.15, 0.2) is 0 Å². The van der Waals surface area contributed by atoms with E-state index in [1.165, 1.54) is 0 Å². The highest BCUT2D eigenvalue weighted by Gasteiger charge is 2.41. The van der Waals surface area contributed by atoms with Gasteiger partial charge >= 0.3 is 0 Å². The lowest BCUT2D eigenvalue weighted by Crippen LogP contribution is -2.30. The molecule has 18 heavy (non-hydrogen) atoms. The molecule has 0 amide bonds. The fourth-order valence-corrected chi connectivity index (χ4v) is 2.50. The molecule has 1 atom stereocenters. The van der Waals surface area contributed by atoms with E-state index in [2.05, 4.69) is 22.4 Å². The van der Waals surface area contributed by atoms with Gasteiger partial charge in [0.25, 0.3) is 0 Å². The predicted molar refractivity (Wildman–Crippen MR) is 68.4 cm³/mol. The Morgan fingerprint density at radius 3 is 2.83 bits per heavy atom. The number of hydrogen-bond acceptors (Lipinski definition) is 5. The van der Waals surface area contributed by atoms with Crippen LogP contribution in [0.25, 0.3) is 0 Å². The molecule has 0 saturated carbocycles. The van der Waals surface area contributed by atoms with Crippen molar-refractivity contribution in [1.29, 1.82) is 0 Å². The smallest absolute Gasteiger partial charge is 0.234 e. The molecule has 2 rings (SSSR count). The number of methoxy groups -OCH3 is 1. The van der Waals surface area contributed by atoms with E-state index in [0.717, 1.165) is 38.2 Å². The normalized spacial score (nSPS) is 24.7. The summed E-state index contributed by atoms with van der Waals surface area (Å²) in [4.78, 5) is 4.58. The minimum Gasteiger partial charge on any atom is -0.371 e. The van der Waals surface area contributed by atoms with Crippen LogP contribution in [0.5, 0.6) is 0 Å². The molecule has 102 valence electrons. The van der Waals surface area contributed by atoms with E-state index in [1.807, 2.05) is 13.8 Å². The van der Waals surface area contributed by atoms with E-state index < -0.39 is 5.60 Å². The first kappa shape index (κ1) is 13.5. The molecular formula is C13H23N3O2. The van der Waals surface area contributed by atoms with E-state index in [-0.39, 0.29) is 5.41 Å². The number of rotatable bonds is 5. The zero-order valence-electron chi connectivity index (χ0n) is 11.7. The van der Waals surface area contributed by atoms with Gasteiger partial charge in [0.2, 0.25) is 11.7 Å². The summed E-state index contributed by atoms with van der Waals surface area (Å²) in [5, 5.41) is 7.49. The average molecular weight is 253 g/mol. The lowest BCUT2D eigenvalue weighted by atomic mass is 9.82. The summed E-state index contributed by atoms with van der Waals surface area (Å²) >= 11 is 0. The Bertz CT molecular complexity index is 395. The Morgan fingerprint density at radius 2 is 2.28 bits per heavy atom. The molecule has 0 spiro atoms. The number of hydrogen-bond donors (Lipinski definition) is 1. The summed E-state index contributed by atoms with van der Waals surface area (Å²) in [6.45, 7) is 8.03. The average Bonchev–Trinajstić information content (AvgIpc) is 2.98. The van der Waals surface area contributed by atoms with Crippen LogP contribution in [-0.2, 0) is 15.8 Å². The molecule has 1 unspecified atom stereocenters. The van der Waals surface area contributed by atoms with Crippen molar-refractivity contribution in [2.75, 3.05) is 20.2 Å². The lowest BCUT2D eigenvalue weighted by molar-refractivity contribution is 0.00973. The maximum absolute atomic E-state index is 5.51. The summed E-state index contributed by atoms with van der Waals surface area (Å²) in [5.41, 5.74) is -0.481. The predicted octanol–water partition coefficient (Wildman–Crippen LogP) is 1.98. The maximum Gasteiger partial charge on any atom is 0.234 e. The molecule has 2 heterocycles. The van der Waals surface area contributed by atoms with Gasteiger partial charge in [-0.25, -0.2) is 0 Å². The van der Waals surface area contributed by atoms with Gasteiger partial charge in [0.05, 0.1) is 5.41 Å². The van der Waals surface area contributed by atoms with Crippen LogP contribution < -0.4 is 5.32 Å². The zero-order chi connectivity index (χ0) is 13.2. The molecule has 0 aliphatic carbocycles. The monoisotopic (exact) mass is 253 g/mol. The molecular weight excluding hydrogens is 230 g/mol. The molecule has 0 bridgehead atoms. The Morgan fingerprint density at radius 1 is 1.50 bits per heavy atom. The second-order valence-corrected chi connectivity index (χ2v) is 5.59. The van der Waals surface area contributed by atoms with E-state index in [0.29, 0.717) is 5.82 Å². The van der Waals surface area contributed by atoms with Crippen molar-refractivity contribution in [3.05, 3.63) is 11.7 Å². The van der Waals surface area contributed by atoms with Crippen LogP contribution in [0.4, 0.5) is 0 Å². The quantitative estimate of drug-likeness (QED) is 0.869. The Labute approximate surface area is 108 Å². The van der Waals surface area contributed by atoms with Crippen LogP contribution in [-0.4, -0.2) is 30.3 Å². The molecule has 1 fully saturated rings. The van der Waals surface area contributed by atoms with E-state index in [4.69, 9.17) is 9.26 Å². The van der Waals surface area contributed by atoms with Crippen molar-refractivity contribution in [1.82, 2.24) is 15.5 Å². The number of ether oxygens (including phenoxy) is 1. The molecule has 5 nitrogen and oxygen atoms in total. The Kier molecular flexibility index (Phi) is 3.73. The topological polar surface area (TPSA) is 60.2 Å². The highest BCUT2D eigenvalue weighted by molar-refractivity contribution is 5.11. The molecule has 1 aliphatic rings. The molecule has 1 aliphatic heterocycles. The van der Waals surface area contributed by atoms with Crippen LogP contribution in [0.2, 0.25) is 0 Å². The summed E-state index contributed by atoms with van der Waals surface area (Å²) < 4.78 is 10.9. The van der Waals surface area contributed by atoms with Crippen molar-refractivity contribution < 1.29 is 9.26 Å². The SMILES string of the molecule is CCCC1(c2nc(C(C)(C)OC)no2)CCNC1. The second-order valence-electron chi connectivity index (χ2n) is 5.59. The largest absolute Gasteiger partial charge is 0.371 e. The van der Waals surface area contributed by atoms with E-state index in [1.54, 1.807) is 7.11 Å². The van der Waals surface area contributed by atoms with Gasteiger partial charge in [0.1, 0.15) is 5.60 Å². The van der Waals surface area contributed by atoms with Gasteiger partial charge < -0.3 is 14.6 Å². The maximum atomic E-state index is 5.51.